The Hall–Kier alpha value is -1.98. The van der Waals surface area contributed by atoms with Gasteiger partial charge < -0.3 is 0 Å². The molecule has 2 aromatic heterocycles. The van der Waals surface area contributed by atoms with Crippen LogP contribution < -0.4 is 0 Å². The lowest BCUT2D eigenvalue weighted by Gasteiger charge is -2.02. The average Bonchev–Trinajstić information content (AvgIpc) is 2.86. The predicted molar refractivity (Wildman–Crippen MR) is 57.1 cm³/mol. The smallest absolute Gasteiger partial charge is 0.261 e. The standard InChI is InChI=1S/C10H10N4O2/c1-10(2-3-10)8-7-4-6(14(15)16)5-11-9(7)13-12-8/h4-5H,2-3H2,1H3,(H,11,12,13). The van der Waals surface area contributed by atoms with E-state index in [-0.39, 0.29) is 11.1 Å². The summed E-state index contributed by atoms with van der Waals surface area (Å²) in [5.41, 5.74) is 1.61. The van der Waals surface area contributed by atoms with Gasteiger partial charge >= 0.3 is 0 Å². The Morgan fingerprint density at radius 3 is 2.94 bits per heavy atom. The molecule has 0 spiro atoms. The highest BCUT2D eigenvalue weighted by Gasteiger charge is 2.42. The zero-order chi connectivity index (χ0) is 11.3. The van der Waals surface area contributed by atoms with Gasteiger partial charge in [0.1, 0.15) is 6.20 Å². The van der Waals surface area contributed by atoms with Gasteiger partial charge in [-0.1, -0.05) is 6.92 Å². The molecule has 6 nitrogen and oxygen atoms in total. The molecular formula is C10H10N4O2. The fourth-order valence-corrected chi connectivity index (χ4v) is 1.88. The predicted octanol–water partition coefficient (Wildman–Crippen LogP) is 1.92. The molecule has 0 aliphatic heterocycles. The van der Waals surface area contributed by atoms with Crippen LogP contribution in [0.15, 0.2) is 12.3 Å². The van der Waals surface area contributed by atoms with E-state index < -0.39 is 4.92 Å². The summed E-state index contributed by atoms with van der Waals surface area (Å²) < 4.78 is 0. The summed E-state index contributed by atoms with van der Waals surface area (Å²) in [6.45, 7) is 2.11. The fraction of sp³-hybridized carbons (Fsp3) is 0.400. The Balaban J connectivity index is 2.23. The first-order chi connectivity index (χ1) is 7.60. The molecule has 82 valence electrons. The van der Waals surface area contributed by atoms with Crippen LogP contribution >= 0.6 is 0 Å². The Morgan fingerprint density at radius 2 is 2.31 bits per heavy atom. The van der Waals surface area contributed by atoms with Crippen molar-refractivity contribution in [2.45, 2.75) is 25.2 Å². The SMILES string of the molecule is CC1(c2n[nH]c3ncc([N+](=O)[O-])cc23)CC1. The molecule has 0 aromatic carbocycles. The molecule has 0 bridgehead atoms. The average molecular weight is 218 g/mol. The summed E-state index contributed by atoms with van der Waals surface area (Å²) in [5.74, 6) is 0. The first-order valence-corrected chi connectivity index (χ1v) is 5.09. The third kappa shape index (κ3) is 1.19. The summed E-state index contributed by atoms with van der Waals surface area (Å²) in [6.07, 6.45) is 3.41. The van der Waals surface area contributed by atoms with Gasteiger partial charge in [0.05, 0.1) is 10.6 Å². The number of nitro groups is 1. The van der Waals surface area contributed by atoms with E-state index in [0.29, 0.717) is 5.65 Å². The van der Waals surface area contributed by atoms with Gasteiger partial charge in [-0.15, -0.1) is 0 Å². The molecule has 1 fully saturated rings. The quantitative estimate of drug-likeness (QED) is 0.616. The van der Waals surface area contributed by atoms with Gasteiger partial charge in [-0.05, 0) is 12.8 Å². The number of fused-ring (bicyclic) bond motifs is 1. The zero-order valence-electron chi connectivity index (χ0n) is 8.73. The molecular weight excluding hydrogens is 208 g/mol. The monoisotopic (exact) mass is 218 g/mol. The van der Waals surface area contributed by atoms with Crippen molar-refractivity contribution in [3.63, 3.8) is 0 Å². The maximum absolute atomic E-state index is 10.7. The van der Waals surface area contributed by atoms with E-state index in [1.807, 2.05) is 0 Å². The molecule has 2 aromatic rings. The lowest BCUT2D eigenvalue weighted by Crippen LogP contribution is -2.00. The molecule has 3 rings (SSSR count). The fourth-order valence-electron chi connectivity index (χ4n) is 1.88. The highest BCUT2D eigenvalue weighted by atomic mass is 16.6. The minimum absolute atomic E-state index is 0.0133. The second kappa shape index (κ2) is 2.78. The van der Waals surface area contributed by atoms with Crippen LogP contribution in [-0.4, -0.2) is 20.1 Å². The molecule has 2 heterocycles. The highest BCUT2D eigenvalue weighted by Crippen LogP contribution is 2.48. The molecule has 0 radical (unpaired) electrons. The summed E-state index contributed by atoms with van der Waals surface area (Å²) in [6, 6.07) is 1.55. The number of nitrogens with one attached hydrogen (secondary N) is 1. The number of hydrogen-bond donors (Lipinski definition) is 1. The van der Waals surface area contributed by atoms with Crippen molar-refractivity contribution in [3.8, 4) is 0 Å². The lowest BCUT2D eigenvalue weighted by atomic mass is 10.0. The summed E-state index contributed by atoms with van der Waals surface area (Å²) in [4.78, 5) is 14.3. The van der Waals surface area contributed by atoms with Crippen molar-refractivity contribution in [2.75, 3.05) is 0 Å². The van der Waals surface area contributed by atoms with Crippen molar-refractivity contribution in [3.05, 3.63) is 28.1 Å². The molecule has 0 atom stereocenters. The Kier molecular flexibility index (Phi) is 1.61. The van der Waals surface area contributed by atoms with Crippen LogP contribution in [-0.2, 0) is 5.41 Å². The van der Waals surface area contributed by atoms with Crippen molar-refractivity contribution in [1.82, 2.24) is 15.2 Å². The lowest BCUT2D eigenvalue weighted by molar-refractivity contribution is -0.385. The molecule has 1 aliphatic rings. The molecule has 16 heavy (non-hydrogen) atoms. The van der Waals surface area contributed by atoms with Gasteiger partial charge in [0.15, 0.2) is 5.65 Å². The van der Waals surface area contributed by atoms with Crippen LogP contribution in [0.4, 0.5) is 5.69 Å². The summed E-state index contributed by atoms with van der Waals surface area (Å²) in [5, 5.41) is 18.5. The van der Waals surface area contributed by atoms with Crippen molar-refractivity contribution >= 4 is 16.7 Å². The topological polar surface area (TPSA) is 84.7 Å². The first kappa shape index (κ1) is 9.26. The maximum atomic E-state index is 10.7. The molecule has 0 saturated heterocycles. The van der Waals surface area contributed by atoms with Crippen LogP contribution in [0.25, 0.3) is 11.0 Å². The molecule has 1 saturated carbocycles. The van der Waals surface area contributed by atoms with Gasteiger partial charge in [0, 0.05) is 16.9 Å². The van der Waals surface area contributed by atoms with Gasteiger partial charge in [0.25, 0.3) is 5.69 Å². The van der Waals surface area contributed by atoms with Crippen LogP contribution in [0, 0.1) is 10.1 Å². The Bertz CT molecular complexity index is 586. The molecule has 6 heteroatoms. The van der Waals surface area contributed by atoms with E-state index in [2.05, 4.69) is 22.1 Å². The van der Waals surface area contributed by atoms with Crippen LogP contribution in [0.1, 0.15) is 25.5 Å². The number of hydrogen-bond acceptors (Lipinski definition) is 4. The van der Waals surface area contributed by atoms with Gasteiger partial charge in [0.2, 0.25) is 0 Å². The second-order valence-corrected chi connectivity index (χ2v) is 4.48. The zero-order valence-corrected chi connectivity index (χ0v) is 8.73. The second-order valence-electron chi connectivity index (χ2n) is 4.48. The van der Waals surface area contributed by atoms with Gasteiger partial charge in [-0.3, -0.25) is 15.2 Å². The third-order valence-corrected chi connectivity index (χ3v) is 3.18. The number of nitrogens with zero attached hydrogens (tertiary/aromatic N) is 3. The van der Waals surface area contributed by atoms with Crippen molar-refractivity contribution in [1.29, 1.82) is 0 Å². The van der Waals surface area contributed by atoms with E-state index in [1.165, 1.54) is 6.20 Å². The molecule has 1 N–H and O–H groups in total. The number of rotatable bonds is 2. The van der Waals surface area contributed by atoms with Crippen molar-refractivity contribution in [2.24, 2.45) is 0 Å². The van der Waals surface area contributed by atoms with E-state index in [9.17, 15) is 10.1 Å². The minimum atomic E-state index is -0.432. The Labute approximate surface area is 90.8 Å². The van der Waals surface area contributed by atoms with E-state index >= 15 is 0 Å². The summed E-state index contributed by atoms with van der Waals surface area (Å²) in [7, 11) is 0. The van der Waals surface area contributed by atoms with E-state index in [4.69, 9.17) is 0 Å². The Morgan fingerprint density at radius 1 is 1.56 bits per heavy atom. The molecule has 1 aliphatic carbocycles. The normalized spacial score (nSPS) is 17.6. The van der Waals surface area contributed by atoms with Crippen LogP contribution in [0.5, 0.6) is 0 Å². The first-order valence-electron chi connectivity index (χ1n) is 5.09. The minimum Gasteiger partial charge on any atom is -0.261 e. The number of H-pyrrole nitrogens is 1. The third-order valence-electron chi connectivity index (χ3n) is 3.18. The summed E-state index contributed by atoms with van der Waals surface area (Å²) >= 11 is 0. The van der Waals surface area contributed by atoms with Crippen molar-refractivity contribution < 1.29 is 4.92 Å². The van der Waals surface area contributed by atoms with E-state index in [0.717, 1.165) is 23.9 Å². The maximum Gasteiger partial charge on any atom is 0.288 e. The van der Waals surface area contributed by atoms with Gasteiger partial charge in [-0.25, -0.2) is 4.98 Å². The van der Waals surface area contributed by atoms with Crippen LogP contribution in [0.2, 0.25) is 0 Å². The molecule has 0 amide bonds. The highest BCUT2D eigenvalue weighted by molar-refractivity contribution is 5.81. The number of pyridine rings is 1. The number of aromatic amines is 1. The largest absolute Gasteiger partial charge is 0.288 e. The van der Waals surface area contributed by atoms with E-state index in [1.54, 1.807) is 6.07 Å². The van der Waals surface area contributed by atoms with Crippen LogP contribution in [0.3, 0.4) is 0 Å². The molecule has 0 unspecified atom stereocenters. The number of aromatic nitrogens is 3. The van der Waals surface area contributed by atoms with Gasteiger partial charge in [-0.2, -0.15) is 5.10 Å².